The zero-order valence-corrected chi connectivity index (χ0v) is 17.8. The van der Waals surface area contributed by atoms with Crippen molar-refractivity contribution in [3.63, 3.8) is 0 Å². The number of rotatable bonds is 6. The fraction of sp³-hybridized carbons (Fsp3) is 0.455. The quantitative estimate of drug-likeness (QED) is 0.610. The van der Waals surface area contributed by atoms with Gasteiger partial charge in [-0.05, 0) is 44.7 Å². The molecule has 2 fully saturated rings. The molecule has 2 N–H and O–H groups in total. The minimum Gasteiger partial charge on any atom is -0.367 e. The summed E-state index contributed by atoms with van der Waals surface area (Å²) in [4.78, 5) is 17.6. The molecule has 0 radical (unpaired) electrons. The average Bonchev–Trinajstić information content (AvgIpc) is 3.25. The molecule has 0 aromatic carbocycles. The van der Waals surface area contributed by atoms with Gasteiger partial charge in [-0.2, -0.15) is 5.26 Å². The van der Waals surface area contributed by atoms with Crippen molar-refractivity contribution in [1.82, 2.24) is 19.9 Å². The number of thiazole rings is 1. The van der Waals surface area contributed by atoms with Gasteiger partial charge in [0.1, 0.15) is 11.6 Å². The first-order chi connectivity index (χ1) is 14.7. The van der Waals surface area contributed by atoms with Gasteiger partial charge in [-0.3, -0.25) is 9.88 Å². The number of aromatic nitrogens is 3. The molecule has 3 aromatic heterocycles. The van der Waals surface area contributed by atoms with Crippen LogP contribution in [0.2, 0.25) is 0 Å². The first kappa shape index (κ1) is 19.2. The fourth-order valence-electron chi connectivity index (χ4n) is 4.90. The third-order valence-electron chi connectivity index (χ3n) is 6.16. The normalized spacial score (nSPS) is 23.4. The molecule has 7 nitrogen and oxygen atoms in total. The second-order valence-corrected chi connectivity index (χ2v) is 9.41. The highest BCUT2D eigenvalue weighted by Crippen LogP contribution is 2.37. The zero-order valence-electron chi connectivity index (χ0n) is 17.0. The zero-order chi connectivity index (χ0) is 20.5. The van der Waals surface area contributed by atoms with Crippen LogP contribution >= 0.6 is 11.3 Å². The van der Waals surface area contributed by atoms with Crippen LogP contribution in [0.25, 0.3) is 10.9 Å². The molecule has 2 bridgehead atoms. The minimum atomic E-state index is 0.383. The van der Waals surface area contributed by atoms with Crippen molar-refractivity contribution in [2.24, 2.45) is 0 Å². The number of pyridine rings is 2. The highest BCUT2D eigenvalue weighted by Gasteiger charge is 2.40. The molecule has 0 amide bonds. The van der Waals surface area contributed by atoms with Gasteiger partial charge < -0.3 is 10.6 Å². The van der Waals surface area contributed by atoms with Crippen molar-refractivity contribution in [1.29, 1.82) is 5.26 Å². The molecule has 30 heavy (non-hydrogen) atoms. The van der Waals surface area contributed by atoms with Crippen LogP contribution in [0.3, 0.4) is 0 Å². The largest absolute Gasteiger partial charge is 0.367 e. The Morgan fingerprint density at radius 3 is 2.83 bits per heavy atom. The predicted molar refractivity (Wildman–Crippen MR) is 120 cm³/mol. The molecule has 3 atom stereocenters. The molecular formula is C22H25N7S. The number of nitrogens with one attached hydrogen (secondary N) is 2. The molecule has 5 heterocycles. The van der Waals surface area contributed by atoms with Gasteiger partial charge in [0.15, 0.2) is 5.13 Å². The number of fused-ring (bicyclic) bond motifs is 3. The molecule has 2 saturated heterocycles. The molecule has 0 saturated carbocycles. The number of aryl methyl sites for hydroxylation is 1. The lowest BCUT2D eigenvalue weighted by atomic mass is 9.97. The fourth-order valence-corrected chi connectivity index (χ4v) is 5.57. The van der Waals surface area contributed by atoms with Crippen LogP contribution in [0.15, 0.2) is 30.6 Å². The van der Waals surface area contributed by atoms with Gasteiger partial charge in [-0.1, -0.05) is 0 Å². The standard InChI is InChI=1S/C22H25N7S/c1-14-13-25-22(30-14)28-20-12-19-18(4-2-8-24-19)21(27-20)26-15-10-16-5-6-17(11-15)29(16)9-3-7-23/h2,4,8,12-13,15-17H,3,5-6,9-11H2,1H3,(H2,25,26,27,28)/t15?,16-,17+. The highest BCUT2D eigenvalue weighted by molar-refractivity contribution is 7.15. The Balaban J connectivity index is 1.38. The molecule has 2 aliphatic rings. The second kappa shape index (κ2) is 8.17. The molecular weight excluding hydrogens is 394 g/mol. The van der Waals surface area contributed by atoms with E-state index in [0.717, 1.165) is 51.9 Å². The first-order valence-electron chi connectivity index (χ1n) is 10.5. The van der Waals surface area contributed by atoms with Crippen molar-refractivity contribution in [2.45, 2.75) is 57.2 Å². The summed E-state index contributed by atoms with van der Waals surface area (Å²) in [5.74, 6) is 1.64. The summed E-state index contributed by atoms with van der Waals surface area (Å²) < 4.78 is 0. The van der Waals surface area contributed by atoms with Gasteiger partial charge in [0, 0.05) is 59.8 Å². The third-order valence-corrected chi connectivity index (χ3v) is 6.99. The Hall–Kier alpha value is -2.76. The monoisotopic (exact) mass is 419 g/mol. The van der Waals surface area contributed by atoms with Gasteiger partial charge >= 0.3 is 0 Å². The Morgan fingerprint density at radius 2 is 2.10 bits per heavy atom. The molecule has 0 spiro atoms. The maximum Gasteiger partial charge on any atom is 0.188 e. The first-order valence-corrected chi connectivity index (χ1v) is 11.4. The highest BCUT2D eigenvalue weighted by atomic mass is 32.1. The molecule has 3 aromatic rings. The molecule has 0 aliphatic carbocycles. The van der Waals surface area contributed by atoms with Gasteiger partial charge in [-0.15, -0.1) is 11.3 Å². The Labute approximate surface area is 180 Å². The topological polar surface area (TPSA) is 89.8 Å². The predicted octanol–water partition coefficient (Wildman–Crippen LogP) is 4.46. The van der Waals surface area contributed by atoms with E-state index >= 15 is 0 Å². The van der Waals surface area contributed by atoms with Gasteiger partial charge in [0.05, 0.1) is 11.6 Å². The number of piperidine rings is 1. The Bertz CT molecular complexity index is 1070. The summed E-state index contributed by atoms with van der Waals surface area (Å²) in [7, 11) is 0. The van der Waals surface area contributed by atoms with Crippen LogP contribution < -0.4 is 10.6 Å². The van der Waals surface area contributed by atoms with E-state index in [-0.39, 0.29) is 0 Å². The van der Waals surface area contributed by atoms with E-state index < -0.39 is 0 Å². The van der Waals surface area contributed by atoms with Crippen LogP contribution in [0, 0.1) is 18.3 Å². The lowest BCUT2D eigenvalue weighted by Gasteiger charge is -2.39. The molecule has 154 valence electrons. The molecule has 5 rings (SSSR count). The van der Waals surface area contributed by atoms with E-state index in [1.54, 1.807) is 11.3 Å². The van der Waals surface area contributed by atoms with Crippen molar-refractivity contribution >= 4 is 39.0 Å². The smallest absolute Gasteiger partial charge is 0.188 e. The van der Waals surface area contributed by atoms with Gasteiger partial charge in [0.25, 0.3) is 0 Å². The Morgan fingerprint density at radius 1 is 1.27 bits per heavy atom. The maximum atomic E-state index is 8.96. The van der Waals surface area contributed by atoms with E-state index in [2.05, 4.69) is 37.6 Å². The van der Waals surface area contributed by atoms with Crippen LogP contribution in [0.1, 0.15) is 37.0 Å². The number of nitriles is 1. The summed E-state index contributed by atoms with van der Waals surface area (Å²) in [6.07, 6.45) is 8.94. The summed E-state index contributed by atoms with van der Waals surface area (Å²) in [5, 5.41) is 17.9. The van der Waals surface area contributed by atoms with Crippen molar-refractivity contribution in [3.8, 4) is 6.07 Å². The van der Waals surface area contributed by atoms with E-state index in [0.29, 0.717) is 24.5 Å². The summed E-state index contributed by atoms with van der Waals surface area (Å²) in [6.45, 7) is 2.94. The SMILES string of the molecule is Cc1cnc(Nc2cc3ncccc3c(NC3C[C@H]4CC[C@@H](C3)N4CCC#N)n2)s1. The lowest BCUT2D eigenvalue weighted by Crippen LogP contribution is -2.47. The van der Waals surface area contributed by atoms with Crippen LogP contribution in [-0.2, 0) is 0 Å². The van der Waals surface area contributed by atoms with E-state index in [1.165, 1.54) is 12.8 Å². The van der Waals surface area contributed by atoms with Gasteiger partial charge in [0.2, 0.25) is 0 Å². The lowest BCUT2D eigenvalue weighted by molar-refractivity contribution is 0.136. The number of hydrogen-bond donors (Lipinski definition) is 2. The minimum absolute atomic E-state index is 0.383. The van der Waals surface area contributed by atoms with Crippen molar-refractivity contribution < 1.29 is 0 Å². The van der Waals surface area contributed by atoms with Crippen molar-refractivity contribution in [2.75, 3.05) is 17.2 Å². The van der Waals surface area contributed by atoms with E-state index in [9.17, 15) is 0 Å². The average molecular weight is 420 g/mol. The van der Waals surface area contributed by atoms with Crippen molar-refractivity contribution in [3.05, 3.63) is 35.5 Å². The Kier molecular flexibility index (Phi) is 5.23. The molecule has 1 unspecified atom stereocenters. The molecule has 8 heteroatoms. The van der Waals surface area contributed by atoms with E-state index in [1.807, 2.05) is 31.5 Å². The maximum absolute atomic E-state index is 8.96. The summed E-state index contributed by atoms with van der Waals surface area (Å²) in [5.41, 5.74) is 0.917. The van der Waals surface area contributed by atoms with Crippen LogP contribution in [0.4, 0.5) is 16.8 Å². The number of hydrogen-bond acceptors (Lipinski definition) is 8. The van der Waals surface area contributed by atoms with Crippen LogP contribution in [0.5, 0.6) is 0 Å². The third kappa shape index (κ3) is 3.83. The summed E-state index contributed by atoms with van der Waals surface area (Å²) >= 11 is 1.61. The summed E-state index contributed by atoms with van der Waals surface area (Å²) in [6, 6.07) is 9.83. The van der Waals surface area contributed by atoms with Gasteiger partial charge in [-0.25, -0.2) is 9.97 Å². The second-order valence-electron chi connectivity index (χ2n) is 8.17. The molecule has 2 aliphatic heterocycles. The number of anilines is 3. The number of nitrogens with zero attached hydrogens (tertiary/aromatic N) is 5. The van der Waals surface area contributed by atoms with E-state index in [4.69, 9.17) is 10.2 Å². The van der Waals surface area contributed by atoms with Crippen LogP contribution in [-0.4, -0.2) is 44.5 Å².